The van der Waals surface area contributed by atoms with Crippen molar-refractivity contribution in [3.8, 4) is 0 Å². The average Bonchev–Trinajstić information content (AvgIpc) is 2.75. The van der Waals surface area contributed by atoms with Gasteiger partial charge in [0.15, 0.2) is 6.10 Å². The van der Waals surface area contributed by atoms with E-state index in [0.29, 0.717) is 28.0 Å². The Morgan fingerprint density at radius 2 is 1.65 bits per heavy atom. The molecule has 12 nitrogen and oxygen atoms in total. The number of fused-ring (bicyclic) bond motifs is 4. The summed E-state index contributed by atoms with van der Waals surface area (Å²) in [5.74, 6) is -2.54. The fraction of sp³-hybridized carbons (Fsp3) is 0.613. The van der Waals surface area contributed by atoms with Gasteiger partial charge in [-0.1, -0.05) is 17.7 Å². The van der Waals surface area contributed by atoms with Gasteiger partial charge in [-0.25, -0.2) is 0 Å². The smallest absolute Gasteiger partial charge is 0.303 e. The number of carboxylic acid groups (broad SMARTS) is 2. The first-order valence-electron chi connectivity index (χ1n) is 14.3. The number of hydrogen-bond acceptors (Lipinski definition) is 9. The number of carbonyl (C=O) groups is 3. The highest BCUT2D eigenvalue weighted by Gasteiger charge is 2.43. The third-order valence-corrected chi connectivity index (χ3v) is 6.81. The minimum Gasteiger partial charge on any atom is -0.550 e. The molecule has 12 heteroatoms. The van der Waals surface area contributed by atoms with Gasteiger partial charge in [0.05, 0.1) is 47.8 Å². The van der Waals surface area contributed by atoms with Gasteiger partial charge in [-0.05, 0) is 43.9 Å². The van der Waals surface area contributed by atoms with Gasteiger partial charge in [0, 0.05) is 49.4 Å². The van der Waals surface area contributed by atoms with Crippen LogP contribution >= 0.6 is 0 Å². The molecule has 2 aliphatic carbocycles. The van der Waals surface area contributed by atoms with Crippen LogP contribution < -0.4 is 21.5 Å². The van der Waals surface area contributed by atoms with Crippen LogP contribution in [0, 0.1) is 5.92 Å². The van der Waals surface area contributed by atoms with Crippen molar-refractivity contribution in [3.05, 3.63) is 57.0 Å². The molecular weight excluding hydrogens is 556 g/mol. The van der Waals surface area contributed by atoms with E-state index in [-0.39, 0.29) is 18.4 Å². The van der Waals surface area contributed by atoms with E-state index in [4.69, 9.17) is 15.6 Å². The van der Waals surface area contributed by atoms with Gasteiger partial charge in [0.1, 0.15) is 19.2 Å². The lowest BCUT2D eigenvalue weighted by Gasteiger charge is -2.45. The predicted molar refractivity (Wildman–Crippen MR) is 159 cm³/mol. The van der Waals surface area contributed by atoms with Crippen LogP contribution in [0.1, 0.15) is 51.3 Å². The third kappa shape index (κ3) is 13.2. The number of aliphatic hydroxyl groups excluding tert-OH is 1. The Morgan fingerprint density at radius 1 is 1.09 bits per heavy atom. The number of quaternary nitrogens is 2. The summed E-state index contributed by atoms with van der Waals surface area (Å²) < 4.78 is 5.94. The minimum atomic E-state index is -1.20. The van der Waals surface area contributed by atoms with Crippen LogP contribution in [0.5, 0.6) is 0 Å². The Balaban J connectivity index is 0.000000336. The Hall–Kier alpha value is -3.32. The molecule has 1 heterocycles. The third-order valence-electron chi connectivity index (χ3n) is 6.81. The molecule has 1 aromatic rings. The van der Waals surface area contributed by atoms with Crippen LogP contribution in [0.2, 0.25) is 0 Å². The maximum absolute atomic E-state index is 11.5. The molecule has 0 aromatic carbocycles. The summed E-state index contributed by atoms with van der Waals surface area (Å²) in [4.78, 5) is 45.5. The number of carboxylic acids is 2. The second kappa shape index (κ2) is 15.4. The Labute approximate surface area is 254 Å². The van der Waals surface area contributed by atoms with Crippen molar-refractivity contribution in [1.29, 1.82) is 0 Å². The number of aromatic nitrogens is 1. The molecule has 2 aliphatic rings. The fourth-order valence-corrected chi connectivity index (χ4v) is 5.64. The van der Waals surface area contributed by atoms with Gasteiger partial charge < -0.3 is 49.3 Å². The zero-order chi connectivity index (χ0) is 33.3. The highest BCUT2D eigenvalue weighted by Crippen LogP contribution is 2.47. The van der Waals surface area contributed by atoms with E-state index in [9.17, 15) is 29.4 Å². The SMILES string of the molecule is CC(=O)O[C@H](CC(=O)[O-])C[N+](C)(C)C.CC=C1[C@H]2C=C(C)C[C@@]1(N)c1ccc(=O)[nH]c1C2.C[N+](C)(C)C[C@H](O)CC(=O)[O-]. The number of ether oxygens (including phenoxy) is 1. The van der Waals surface area contributed by atoms with Crippen molar-refractivity contribution in [2.24, 2.45) is 11.7 Å². The van der Waals surface area contributed by atoms with Gasteiger partial charge in [0.25, 0.3) is 0 Å². The van der Waals surface area contributed by atoms with Crippen LogP contribution in [0.15, 0.2) is 40.2 Å². The molecule has 3 rings (SSSR count). The summed E-state index contributed by atoms with van der Waals surface area (Å²) in [6, 6.07) is 3.47. The van der Waals surface area contributed by atoms with Crippen molar-refractivity contribution in [2.45, 2.75) is 64.2 Å². The molecule has 2 bridgehead atoms. The average molecular weight is 607 g/mol. The van der Waals surface area contributed by atoms with Crippen LogP contribution in [0.4, 0.5) is 0 Å². The van der Waals surface area contributed by atoms with E-state index >= 15 is 0 Å². The van der Waals surface area contributed by atoms with E-state index in [0.717, 1.165) is 24.1 Å². The van der Waals surface area contributed by atoms with Crippen molar-refractivity contribution >= 4 is 17.9 Å². The first-order valence-corrected chi connectivity index (χ1v) is 14.3. The van der Waals surface area contributed by atoms with Crippen molar-refractivity contribution in [2.75, 3.05) is 55.4 Å². The van der Waals surface area contributed by atoms with Crippen molar-refractivity contribution < 1.29 is 43.4 Å². The fourth-order valence-electron chi connectivity index (χ4n) is 5.64. The monoisotopic (exact) mass is 606 g/mol. The summed E-state index contributed by atoms with van der Waals surface area (Å²) in [7, 11) is 11.3. The highest BCUT2D eigenvalue weighted by atomic mass is 16.5. The van der Waals surface area contributed by atoms with Crippen molar-refractivity contribution in [1.82, 2.24) is 4.98 Å². The van der Waals surface area contributed by atoms with Crippen LogP contribution in [-0.2, 0) is 31.1 Å². The second-order valence-corrected chi connectivity index (χ2v) is 13.4. The number of esters is 1. The van der Waals surface area contributed by atoms with Gasteiger partial charge in [-0.15, -0.1) is 0 Å². The number of likely N-dealkylation sites (N-methyl/N-ethyl adjacent to an activating group) is 2. The maximum atomic E-state index is 11.5. The van der Waals surface area contributed by atoms with Crippen molar-refractivity contribution in [3.63, 3.8) is 0 Å². The summed E-state index contributed by atoms with van der Waals surface area (Å²) in [5, 5.41) is 29.5. The molecule has 0 saturated heterocycles. The first-order chi connectivity index (χ1) is 19.6. The van der Waals surface area contributed by atoms with E-state index < -0.39 is 35.7 Å². The molecule has 0 amide bonds. The number of aromatic amines is 1. The first kappa shape index (κ1) is 37.7. The molecule has 0 saturated carbocycles. The molecule has 0 radical (unpaired) electrons. The molecule has 43 heavy (non-hydrogen) atoms. The molecule has 0 unspecified atom stereocenters. The molecular formula is C31H50N4O8. The normalized spacial score (nSPS) is 21.5. The number of H-pyrrole nitrogens is 1. The largest absolute Gasteiger partial charge is 0.550 e. The lowest BCUT2D eigenvalue weighted by Crippen LogP contribution is -2.48. The predicted octanol–water partition coefficient (Wildman–Crippen LogP) is -1.04. The number of nitrogens with one attached hydrogen (secondary N) is 1. The maximum Gasteiger partial charge on any atom is 0.303 e. The van der Waals surface area contributed by atoms with Gasteiger partial charge in [0.2, 0.25) is 5.56 Å². The number of nitrogens with zero attached hydrogens (tertiary/aromatic N) is 2. The molecule has 4 atom stereocenters. The number of nitrogens with two attached hydrogens (primary N) is 1. The summed E-state index contributed by atoms with van der Waals surface area (Å²) in [6.45, 7) is 6.33. The lowest BCUT2D eigenvalue weighted by atomic mass is 9.63. The Kier molecular flexibility index (Phi) is 13.5. The van der Waals surface area contributed by atoms with E-state index in [1.165, 1.54) is 18.1 Å². The van der Waals surface area contributed by atoms with Gasteiger partial charge in [-0.3, -0.25) is 9.59 Å². The quantitative estimate of drug-likeness (QED) is 0.179. The van der Waals surface area contributed by atoms with E-state index in [2.05, 4.69) is 31.0 Å². The number of aliphatic carboxylic acids is 2. The molecule has 0 fully saturated rings. The highest BCUT2D eigenvalue weighted by molar-refractivity contribution is 5.68. The molecule has 1 aromatic heterocycles. The van der Waals surface area contributed by atoms with Gasteiger partial charge >= 0.3 is 5.97 Å². The summed E-state index contributed by atoms with van der Waals surface area (Å²) in [6.07, 6.45) is 4.15. The summed E-state index contributed by atoms with van der Waals surface area (Å²) in [5.41, 5.74) is 10.9. The summed E-state index contributed by atoms with van der Waals surface area (Å²) >= 11 is 0. The Bertz CT molecular complexity index is 1240. The number of rotatable bonds is 9. The second-order valence-electron chi connectivity index (χ2n) is 13.4. The molecule has 4 N–H and O–H groups in total. The zero-order valence-electron chi connectivity index (χ0n) is 27.1. The topological polar surface area (TPSA) is 186 Å². The van der Waals surface area contributed by atoms with E-state index in [1.54, 1.807) is 6.07 Å². The molecule has 242 valence electrons. The van der Waals surface area contributed by atoms with E-state index in [1.807, 2.05) is 48.4 Å². The number of pyridine rings is 1. The number of aliphatic hydroxyl groups is 1. The Morgan fingerprint density at radius 3 is 2.12 bits per heavy atom. The number of carbonyl (C=O) groups excluding carboxylic acids is 3. The number of hydrogen-bond donors (Lipinski definition) is 3. The molecule has 0 aliphatic heterocycles. The minimum absolute atomic E-state index is 0.0416. The lowest BCUT2D eigenvalue weighted by molar-refractivity contribution is -0.873. The zero-order valence-corrected chi connectivity index (χ0v) is 27.1. The van der Waals surface area contributed by atoms with Crippen LogP contribution in [-0.4, -0.2) is 105 Å². The number of allylic oxidation sites excluding steroid dienone is 2. The molecule has 0 spiro atoms. The van der Waals surface area contributed by atoms with Gasteiger partial charge in [-0.2, -0.15) is 0 Å². The van der Waals surface area contributed by atoms with Crippen LogP contribution in [0.3, 0.4) is 0 Å². The standard InChI is InChI=1S/C15H18N2O.C9H17NO4.C7H15NO3/c1-3-11-10-6-9(2)8-15(11,16)12-4-5-14(18)17-13(12)7-10;1-7(11)14-8(5-9(12)13)6-10(2,3)4;1-8(2,3)5-6(9)4-7(10)11/h3-6,10H,7-8,16H2,1-2H3,(H,17,18);8H,5-6H2,1-4H3;6,9H,4-5H2,1-3H3/t10-,15-;8-;6-/m011/s1. The van der Waals surface area contributed by atoms with Crippen LogP contribution in [0.25, 0.3) is 0 Å².